The molecule has 0 atom stereocenters. The highest BCUT2D eigenvalue weighted by Crippen LogP contribution is 2.50. The topological polar surface area (TPSA) is 48.5 Å². The molecule has 0 saturated heterocycles. The summed E-state index contributed by atoms with van der Waals surface area (Å²) < 4.78 is 4.44. The molecule has 5 nitrogen and oxygen atoms in total. The van der Waals surface area contributed by atoms with E-state index < -0.39 is 0 Å². The highest BCUT2D eigenvalue weighted by atomic mass is 15.2. The van der Waals surface area contributed by atoms with Gasteiger partial charge in [-0.15, -0.1) is 21.9 Å². The molecule has 13 rings (SSSR count). The summed E-state index contributed by atoms with van der Waals surface area (Å²) in [6.45, 7) is 8.37. The Morgan fingerprint density at radius 3 is 1.59 bits per heavy atom. The highest BCUT2D eigenvalue weighted by Gasteiger charge is 2.36. The van der Waals surface area contributed by atoms with Crippen LogP contribution in [0.25, 0.3) is 111 Å². The van der Waals surface area contributed by atoms with E-state index in [1.165, 1.54) is 22.3 Å². The third-order valence-corrected chi connectivity index (χ3v) is 15.8. The monoisotopic (exact) mass is 939 g/mol. The largest absolute Gasteiger partial charge is 0.307 e. The number of benzene rings is 9. The van der Waals surface area contributed by atoms with E-state index in [0.717, 1.165) is 60.4 Å². The van der Waals surface area contributed by atoms with Crippen LogP contribution < -0.4 is 43.7 Å². The molecule has 1 aliphatic carbocycles. The van der Waals surface area contributed by atoms with Crippen molar-refractivity contribution < 1.29 is 0 Å². The number of hydrogen-bond donors (Lipinski definition) is 0. The van der Waals surface area contributed by atoms with E-state index in [9.17, 15) is 0 Å². The van der Waals surface area contributed by atoms with Crippen LogP contribution >= 0.6 is 0 Å². The molecule has 0 N–H and O–H groups in total. The van der Waals surface area contributed by atoms with Gasteiger partial charge >= 0.3 is 0 Å². The van der Waals surface area contributed by atoms with Crippen molar-refractivity contribution in [3.8, 4) is 67.8 Å². The molecule has 12 aromatic rings. The van der Waals surface area contributed by atoms with Crippen LogP contribution in [0.15, 0.2) is 152 Å². The van der Waals surface area contributed by atoms with E-state index >= 15 is 0 Å². The summed E-state index contributed by atoms with van der Waals surface area (Å²) >= 11 is 0. The van der Waals surface area contributed by atoms with Gasteiger partial charge in [0.2, 0.25) is 5.95 Å². The van der Waals surface area contributed by atoms with Gasteiger partial charge < -0.3 is 4.57 Å². The predicted molar refractivity (Wildman–Crippen MR) is 320 cm³/mol. The number of hydrogen-bond acceptors (Lipinski definition) is 3. The molecule has 3 heterocycles. The zero-order valence-corrected chi connectivity index (χ0v) is 41.8. The first kappa shape index (κ1) is 46.9. The number of nitrogens with zero attached hydrogens (tertiary/aromatic N) is 5. The lowest BCUT2D eigenvalue weighted by atomic mass is 9.59. The van der Waals surface area contributed by atoms with Crippen molar-refractivity contribution in [3.63, 3.8) is 0 Å². The number of rotatable bonds is 6. The number of aromatic nitrogens is 5. The Balaban J connectivity index is 1.18. The van der Waals surface area contributed by atoms with Crippen LogP contribution in [0.5, 0.6) is 0 Å². The van der Waals surface area contributed by atoms with Gasteiger partial charge in [-0.05, 0) is 77.1 Å². The molecule has 334 valence electrons. The normalized spacial score (nSPS) is 12.8. The Morgan fingerprint density at radius 2 is 0.907 bits per heavy atom. The van der Waals surface area contributed by atoms with Crippen molar-refractivity contribution in [1.82, 2.24) is 24.1 Å². The average molecular weight is 939 g/mol. The van der Waals surface area contributed by atoms with Crippen LogP contribution in [0.4, 0.5) is 0 Å². The van der Waals surface area contributed by atoms with Gasteiger partial charge in [-0.25, -0.2) is 4.98 Å². The van der Waals surface area contributed by atoms with E-state index in [-0.39, 0.29) is 32.7 Å². The SMILES string of the molecule is [B]c1c([B])c([B])c(-c2cccc(-n3c4ccccc4c4ccc5c6ccccc6n(-c6nc(-c7ccccc7)nc(-c7ccc8c(c7)-c7ccccc7C8(C)C)n6)c5c43)c2-c2c([B])c([B])c(C)c([B])c2C)c([B])c1[B]. The third kappa shape index (κ3) is 6.72. The molecule has 1 aliphatic rings. The molecule has 0 amide bonds. The second-order valence-electron chi connectivity index (χ2n) is 20.2. The molecule has 0 saturated carbocycles. The van der Waals surface area contributed by atoms with E-state index in [4.69, 9.17) is 77.7 Å². The minimum Gasteiger partial charge on any atom is -0.307 e. The van der Waals surface area contributed by atoms with Gasteiger partial charge in [-0.2, -0.15) is 9.97 Å². The quantitative estimate of drug-likeness (QED) is 0.192. The fourth-order valence-corrected chi connectivity index (χ4v) is 11.9. The molecule has 3 aromatic heterocycles. The molecule has 0 fully saturated rings. The Kier molecular flexibility index (Phi) is 10.7. The fraction of sp³-hybridized carbons (Fsp3) is 0.0806. The lowest BCUT2D eigenvalue weighted by Crippen LogP contribution is -2.55. The van der Waals surface area contributed by atoms with Crippen LogP contribution in [-0.2, 0) is 5.41 Å². The van der Waals surface area contributed by atoms with Crippen LogP contribution in [0, 0.1) is 13.8 Å². The molecule has 0 spiro atoms. The maximum absolute atomic E-state index is 7.22. The van der Waals surface area contributed by atoms with Crippen molar-refractivity contribution >= 4 is 150 Å². The standard InChI is InChI=1S/C62H37B8N5/c1-30-46(51(65)50(64)31(2)49(30)63)47-39(48-52(66)54(68)56(70)55(69)53(48)67)20-14-24-45(47)74-43-22-12-9-18-35(43)37-26-27-38-36-19-10-13-23-44(36)75(58(38)57(37)74)61-72-59(32-15-6-5-7-16-32)71-60(73-61)33-25-28-42-40(29-33)34-17-8-11-21-41(34)62(42,3)4/h5-29H,1-4H3. The molecular weight excluding hydrogens is 901 g/mol. The summed E-state index contributed by atoms with van der Waals surface area (Å²) in [7, 11) is 54.7. The molecule has 0 bridgehead atoms. The van der Waals surface area contributed by atoms with E-state index in [1.54, 1.807) is 0 Å². The van der Waals surface area contributed by atoms with Gasteiger partial charge in [0.05, 0.1) is 27.8 Å². The Bertz CT molecular complexity index is 4400. The minimum absolute atomic E-state index is 0.103. The molecule has 75 heavy (non-hydrogen) atoms. The number of fused-ring (bicyclic) bond motifs is 10. The first-order chi connectivity index (χ1) is 36.2. The molecular formula is C62H37B8N5. The second kappa shape index (κ2) is 17.1. The Morgan fingerprint density at radius 1 is 0.373 bits per heavy atom. The fourth-order valence-electron chi connectivity index (χ4n) is 11.9. The summed E-state index contributed by atoms with van der Waals surface area (Å²) in [5.74, 6) is 1.51. The van der Waals surface area contributed by atoms with Crippen molar-refractivity contribution in [2.75, 3.05) is 0 Å². The minimum atomic E-state index is -0.172. The summed E-state index contributed by atoms with van der Waals surface area (Å²) in [4.78, 5) is 16.2. The van der Waals surface area contributed by atoms with Crippen molar-refractivity contribution in [2.24, 2.45) is 0 Å². The van der Waals surface area contributed by atoms with Gasteiger partial charge in [-0.3, -0.25) is 4.57 Å². The van der Waals surface area contributed by atoms with Crippen LogP contribution in [0.3, 0.4) is 0 Å². The predicted octanol–water partition coefficient (Wildman–Crippen LogP) is 6.01. The first-order valence-corrected chi connectivity index (χ1v) is 24.8. The van der Waals surface area contributed by atoms with Crippen molar-refractivity contribution in [1.29, 1.82) is 0 Å². The van der Waals surface area contributed by atoms with Gasteiger partial charge in [-0.1, -0.05) is 174 Å². The van der Waals surface area contributed by atoms with Gasteiger partial charge in [0.25, 0.3) is 0 Å². The lowest BCUT2D eigenvalue weighted by Gasteiger charge is -2.28. The molecule has 16 radical (unpaired) electrons. The summed E-state index contributed by atoms with van der Waals surface area (Å²) in [6.07, 6.45) is 0. The summed E-state index contributed by atoms with van der Waals surface area (Å²) in [5.41, 5.74) is 16.2. The van der Waals surface area contributed by atoms with E-state index in [1.807, 2.05) is 68.4 Å². The first-order valence-electron chi connectivity index (χ1n) is 24.8. The smallest absolute Gasteiger partial charge is 0.238 e. The number of para-hydroxylation sites is 2. The van der Waals surface area contributed by atoms with Crippen LogP contribution in [-0.4, -0.2) is 86.9 Å². The molecule has 13 heteroatoms. The third-order valence-electron chi connectivity index (χ3n) is 15.8. The molecule has 9 aromatic carbocycles. The Labute approximate surface area is 446 Å². The second-order valence-corrected chi connectivity index (χ2v) is 20.2. The van der Waals surface area contributed by atoms with Crippen LogP contribution in [0.2, 0.25) is 0 Å². The van der Waals surface area contributed by atoms with Gasteiger partial charge in [0.15, 0.2) is 11.6 Å². The lowest BCUT2D eigenvalue weighted by molar-refractivity contribution is 0.660. The Hall–Kier alpha value is -7.89. The maximum atomic E-state index is 7.22. The van der Waals surface area contributed by atoms with E-state index in [2.05, 4.69) is 120 Å². The molecule has 0 aliphatic heterocycles. The summed E-state index contributed by atoms with van der Waals surface area (Å²) in [5, 5.41) is 3.96. The van der Waals surface area contributed by atoms with Crippen LogP contribution in [0.1, 0.15) is 36.1 Å². The molecule has 0 unspecified atom stereocenters. The zero-order chi connectivity index (χ0) is 51.9. The van der Waals surface area contributed by atoms with Gasteiger partial charge in [0.1, 0.15) is 62.8 Å². The van der Waals surface area contributed by atoms with Crippen molar-refractivity contribution in [2.45, 2.75) is 33.1 Å². The summed E-state index contributed by atoms with van der Waals surface area (Å²) in [6, 6.07) is 52.3. The van der Waals surface area contributed by atoms with Crippen molar-refractivity contribution in [3.05, 3.63) is 174 Å². The van der Waals surface area contributed by atoms with Gasteiger partial charge in [0, 0.05) is 43.7 Å². The zero-order valence-electron chi connectivity index (χ0n) is 41.8. The average Bonchev–Trinajstić information content (AvgIpc) is 4.04. The maximum Gasteiger partial charge on any atom is 0.238 e. The highest BCUT2D eigenvalue weighted by molar-refractivity contribution is 6.69. The van der Waals surface area contributed by atoms with E-state index in [0.29, 0.717) is 67.4 Å².